The molecule has 2 aromatic carbocycles. The SMILES string of the molecule is Nc1cc(-c2ccnc(Nc3ccc(-n4ccnn4)cc3)n2)cc(N2CCOCC2)c1. The third kappa shape index (κ3) is 4.31. The molecule has 31 heavy (non-hydrogen) atoms. The Hall–Kier alpha value is -3.98. The van der Waals surface area contributed by atoms with Crippen molar-refractivity contribution in [2.45, 2.75) is 0 Å². The second-order valence-corrected chi connectivity index (χ2v) is 7.20. The van der Waals surface area contributed by atoms with Crippen molar-refractivity contribution in [1.29, 1.82) is 0 Å². The van der Waals surface area contributed by atoms with Crippen LogP contribution in [0, 0.1) is 0 Å². The molecule has 4 aromatic rings. The molecular weight excluding hydrogens is 392 g/mol. The Balaban J connectivity index is 1.37. The van der Waals surface area contributed by atoms with Gasteiger partial charge >= 0.3 is 0 Å². The van der Waals surface area contributed by atoms with E-state index in [4.69, 9.17) is 10.5 Å². The van der Waals surface area contributed by atoms with Crippen LogP contribution in [0.2, 0.25) is 0 Å². The lowest BCUT2D eigenvalue weighted by Gasteiger charge is -2.29. The molecule has 0 atom stereocenters. The van der Waals surface area contributed by atoms with Gasteiger partial charge in [-0.3, -0.25) is 0 Å². The van der Waals surface area contributed by atoms with Gasteiger partial charge in [0.1, 0.15) is 0 Å². The molecule has 0 amide bonds. The van der Waals surface area contributed by atoms with Gasteiger partial charge in [0.25, 0.3) is 0 Å². The maximum Gasteiger partial charge on any atom is 0.227 e. The molecule has 0 aliphatic carbocycles. The number of nitrogen functional groups attached to an aromatic ring is 1. The van der Waals surface area contributed by atoms with Crippen molar-refractivity contribution < 1.29 is 4.74 Å². The fraction of sp³-hybridized carbons (Fsp3) is 0.182. The lowest BCUT2D eigenvalue weighted by atomic mass is 10.1. The maximum atomic E-state index is 6.19. The molecule has 0 radical (unpaired) electrons. The van der Waals surface area contributed by atoms with Gasteiger partial charge < -0.3 is 20.7 Å². The van der Waals surface area contributed by atoms with Gasteiger partial charge in [0, 0.05) is 41.9 Å². The summed E-state index contributed by atoms with van der Waals surface area (Å²) >= 11 is 0. The van der Waals surface area contributed by atoms with Crippen molar-refractivity contribution in [3.05, 3.63) is 67.1 Å². The fourth-order valence-corrected chi connectivity index (χ4v) is 3.54. The van der Waals surface area contributed by atoms with Crippen LogP contribution in [-0.4, -0.2) is 51.3 Å². The number of anilines is 4. The number of nitrogens with zero attached hydrogens (tertiary/aromatic N) is 6. The highest BCUT2D eigenvalue weighted by molar-refractivity contribution is 5.72. The molecule has 2 aromatic heterocycles. The van der Waals surface area contributed by atoms with Gasteiger partial charge in [-0.2, -0.15) is 0 Å². The highest BCUT2D eigenvalue weighted by Crippen LogP contribution is 2.28. The van der Waals surface area contributed by atoms with Crippen molar-refractivity contribution in [2.24, 2.45) is 0 Å². The summed E-state index contributed by atoms with van der Waals surface area (Å²) in [6.07, 6.45) is 5.18. The Morgan fingerprint density at radius 2 is 1.77 bits per heavy atom. The van der Waals surface area contributed by atoms with Crippen LogP contribution in [0.25, 0.3) is 16.9 Å². The van der Waals surface area contributed by atoms with Crippen LogP contribution in [-0.2, 0) is 4.74 Å². The summed E-state index contributed by atoms with van der Waals surface area (Å²) in [5, 5.41) is 11.1. The lowest BCUT2D eigenvalue weighted by Crippen LogP contribution is -2.36. The number of ether oxygens (including phenoxy) is 1. The molecule has 9 heteroatoms. The third-order valence-corrected chi connectivity index (χ3v) is 5.08. The highest BCUT2D eigenvalue weighted by Gasteiger charge is 2.13. The molecule has 5 rings (SSSR count). The van der Waals surface area contributed by atoms with E-state index in [1.54, 1.807) is 23.3 Å². The summed E-state index contributed by atoms with van der Waals surface area (Å²) in [6, 6.07) is 15.7. The molecule has 3 N–H and O–H groups in total. The van der Waals surface area contributed by atoms with Crippen LogP contribution < -0.4 is 16.0 Å². The van der Waals surface area contributed by atoms with Crippen molar-refractivity contribution in [1.82, 2.24) is 25.0 Å². The largest absolute Gasteiger partial charge is 0.399 e. The first-order valence-corrected chi connectivity index (χ1v) is 10.0. The number of aromatic nitrogens is 5. The summed E-state index contributed by atoms with van der Waals surface area (Å²) in [5.41, 5.74) is 11.5. The van der Waals surface area contributed by atoms with Gasteiger partial charge in [0.05, 0.1) is 37.0 Å². The molecule has 3 heterocycles. The zero-order chi connectivity index (χ0) is 21.0. The molecule has 0 spiro atoms. The standard InChI is InChI=1S/C22H22N8O/c23-17-13-16(14-20(15-17)29-9-11-31-12-10-29)21-5-6-24-22(27-21)26-18-1-3-19(4-2-18)30-8-7-25-28-30/h1-8,13-15H,9-12,23H2,(H,24,26,27). The minimum atomic E-state index is 0.515. The van der Waals surface area contributed by atoms with Gasteiger partial charge in [-0.15, -0.1) is 5.10 Å². The van der Waals surface area contributed by atoms with Crippen LogP contribution in [0.3, 0.4) is 0 Å². The second kappa shape index (κ2) is 8.41. The van der Waals surface area contributed by atoms with Crippen LogP contribution in [0.15, 0.2) is 67.1 Å². The van der Waals surface area contributed by atoms with E-state index < -0.39 is 0 Å². The number of nitrogens with two attached hydrogens (primary N) is 1. The van der Waals surface area contributed by atoms with Gasteiger partial charge in [-0.05, 0) is 48.5 Å². The second-order valence-electron chi connectivity index (χ2n) is 7.20. The molecule has 0 bridgehead atoms. The lowest BCUT2D eigenvalue weighted by molar-refractivity contribution is 0.122. The number of nitrogens with one attached hydrogen (secondary N) is 1. The minimum absolute atomic E-state index is 0.515. The van der Waals surface area contributed by atoms with E-state index in [2.05, 4.69) is 36.6 Å². The molecule has 156 valence electrons. The zero-order valence-electron chi connectivity index (χ0n) is 16.8. The Morgan fingerprint density at radius 1 is 0.935 bits per heavy atom. The predicted octanol–water partition coefficient (Wildman–Crippen LogP) is 2.89. The van der Waals surface area contributed by atoms with Crippen LogP contribution >= 0.6 is 0 Å². The average Bonchev–Trinajstić information content (AvgIpc) is 3.35. The van der Waals surface area contributed by atoms with Crippen molar-refractivity contribution in [3.8, 4) is 16.9 Å². The van der Waals surface area contributed by atoms with Gasteiger partial charge in [0.2, 0.25) is 5.95 Å². The zero-order valence-corrected chi connectivity index (χ0v) is 16.8. The van der Waals surface area contributed by atoms with Crippen molar-refractivity contribution >= 4 is 23.0 Å². The van der Waals surface area contributed by atoms with E-state index in [1.807, 2.05) is 42.5 Å². The van der Waals surface area contributed by atoms with E-state index in [0.717, 1.165) is 54.6 Å². The number of benzene rings is 2. The summed E-state index contributed by atoms with van der Waals surface area (Å²) in [5.74, 6) is 0.515. The van der Waals surface area contributed by atoms with E-state index in [9.17, 15) is 0 Å². The molecule has 1 aliphatic rings. The van der Waals surface area contributed by atoms with E-state index in [0.29, 0.717) is 11.6 Å². The van der Waals surface area contributed by atoms with Crippen LogP contribution in [0.1, 0.15) is 0 Å². The molecule has 0 saturated carbocycles. The van der Waals surface area contributed by atoms with E-state index in [1.165, 1.54) is 0 Å². The summed E-state index contributed by atoms with van der Waals surface area (Å²) in [7, 11) is 0. The van der Waals surface area contributed by atoms with Crippen LogP contribution in [0.4, 0.5) is 23.0 Å². The normalized spacial score (nSPS) is 13.9. The first-order chi connectivity index (χ1) is 15.2. The topological polar surface area (TPSA) is 107 Å². The molecule has 0 unspecified atom stereocenters. The number of hydrogen-bond donors (Lipinski definition) is 2. The molecule has 9 nitrogen and oxygen atoms in total. The monoisotopic (exact) mass is 414 g/mol. The van der Waals surface area contributed by atoms with Gasteiger partial charge in [0.15, 0.2) is 0 Å². The number of morpholine rings is 1. The smallest absolute Gasteiger partial charge is 0.227 e. The Morgan fingerprint density at radius 3 is 2.55 bits per heavy atom. The first-order valence-electron chi connectivity index (χ1n) is 10.0. The Kier molecular flexibility index (Phi) is 5.16. The third-order valence-electron chi connectivity index (χ3n) is 5.08. The van der Waals surface area contributed by atoms with Gasteiger partial charge in [-0.1, -0.05) is 5.21 Å². The molecule has 1 saturated heterocycles. The summed E-state index contributed by atoms with van der Waals surface area (Å²) in [6.45, 7) is 3.15. The number of rotatable bonds is 5. The van der Waals surface area contributed by atoms with E-state index >= 15 is 0 Å². The first kappa shape index (κ1) is 19.0. The summed E-state index contributed by atoms with van der Waals surface area (Å²) < 4.78 is 7.16. The fourth-order valence-electron chi connectivity index (χ4n) is 3.54. The van der Waals surface area contributed by atoms with Crippen molar-refractivity contribution in [3.63, 3.8) is 0 Å². The number of hydrogen-bond acceptors (Lipinski definition) is 8. The summed E-state index contributed by atoms with van der Waals surface area (Å²) in [4.78, 5) is 11.3. The molecule has 1 aliphatic heterocycles. The van der Waals surface area contributed by atoms with Crippen molar-refractivity contribution in [2.75, 3.05) is 42.3 Å². The maximum absolute atomic E-state index is 6.19. The Bertz CT molecular complexity index is 1150. The minimum Gasteiger partial charge on any atom is -0.399 e. The molecular formula is C22H22N8O. The quantitative estimate of drug-likeness (QED) is 0.480. The highest BCUT2D eigenvalue weighted by atomic mass is 16.5. The average molecular weight is 414 g/mol. The van der Waals surface area contributed by atoms with Gasteiger partial charge in [-0.25, -0.2) is 14.6 Å². The van der Waals surface area contributed by atoms with Crippen LogP contribution in [0.5, 0.6) is 0 Å². The molecule has 1 fully saturated rings. The van der Waals surface area contributed by atoms with E-state index in [-0.39, 0.29) is 0 Å². The Labute approximate surface area is 179 Å². The predicted molar refractivity (Wildman–Crippen MR) is 120 cm³/mol.